The third-order valence-electron chi connectivity index (χ3n) is 3.51. The van der Waals surface area contributed by atoms with E-state index in [1.54, 1.807) is 0 Å². The van der Waals surface area contributed by atoms with E-state index in [4.69, 9.17) is 11.6 Å². The minimum atomic E-state index is 0.662. The van der Waals surface area contributed by atoms with Crippen molar-refractivity contribution in [3.8, 4) is 11.3 Å². The molecule has 0 saturated heterocycles. The first-order valence-electron chi connectivity index (χ1n) is 7.59. The van der Waals surface area contributed by atoms with E-state index < -0.39 is 0 Å². The van der Waals surface area contributed by atoms with Gasteiger partial charge >= 0.3 is 0 Å². The van der Waals surface area contributed by atoms with Gasteiger partial charge < -0.3 is 0 Å². The van der Waals surface area contributed by atoms with Crippen LogP contribution in [0.5, 0.6) is 0 Å². The zero-order valence-corrected chi connectivity index (χ0v) is 14.2. The molecular weight excluding hydrogens is 320 g/mol. The highest BCUT2D eigenvalue weighted by molar-refractivity contribution is 6.30. The highest BCUT2D eigenvalue weighted by Gasteiger charge is 2.04. The van der Waals surface area contributed by atoms with Gasteiger partial charge in [0.05, 0.1) is 11.4 Å². The van der Waals surface area contributed by atoms with Crippen molar-refractivity contribution >= 4 is 23.1 Å². The zero-order valence-electron chi connectivity index (χ0n) is 13.5. The minimum absolute atomic E-state index is 0.662. The third kappa shape index (κ3) is 3.97. The fraction of sp³-hybridized carbons (Fsp3) is 0.105. The highest BCUT2D eigenvalue weighted by atomic mass is 35.5. The number of hydrogen-bond acceptors (Lipinski definition) is 4. The number of hydrogen-bond donors (Lipinski definition) is 1. The van der Waals surface area contributed by atoms with E-state index in [-0.39, 0.29) is 0 Å². The lowest BCUT2D eigenvalue weighted by Gasteiger charge is -2.07. The van der Waals surface area contributed by atoms with E-state index >= 15 is 0 Å². The van der Waals surface area contributed by atoms with Gasteiger partial charge in [0.15, 0.2) is 0 Å². The summed E-state index contributed by atoms with van der Waals surface area (Å²) >= 11 is 5.91. The molecule has 0 unspecified atom stereocenters. The summed E-state index contributed by atoms with van der Waals surface area (Å²) in [7, 11) is 0. The third-order valence-corrected chi connectivity index (χ3v) is 3.76. The van der Waals surface area contributed by atoms with Crippen molar-refractivity contribution in [1.29, 1.82) is 0 Å². The summed E-state index contributed by atoms with van der Waals surface area (Å²) in [6.45, 7) is 3.80. The Hall–Kier alpha value is -2.72. The molecule has 0 bridgehead atoms. The van der Waals surface area contributed by atoms with Crippen molar-refractivity contribution < 1.29 is 0 Å². The minimum Gasteiger partial charge on any atom is -0.261 e. The van der Waals surface area contributed by atoms with Gasteiger partial charge in [0.2, 0.25) is 0 Å². The van der Waals surface area contributed by atoms with Crippen LogP contribution in [-0.4, -0.2) is 15.7 Å². The van der Waals surface area contributed by atoms with Crippen molar-refractivity contribution in [2.75, 3.05) is 5.43 Å². The molecule has 0 aliphatic heterocycles. The molecule has 3 aromatic rings. The Balaban J connectivity index is 1.84. The second-order valence-corrected chi connectivity index (χ2v) is 5.80. The van der Waals surface area contributed by atoms with Crippen molar-refractivity contribution in [2.45, 2.75) is 13.8 Å². The Labute approximate surface area is 146 Å². The van der Waals surface area contributed by atoms with Crippen LogP contribution in [0.2, 0.25) is 5.02 Å². The number of hydrazone groups is 1. The topological polar surface area (TPSA) is 50.2 Å². The summed E-state index contributed by atoms with van der Waals surface area (Å²) in [5.74, 6) is 1.35. The molecule has 0 radical (unpaired) electrons. The molecular formula is C19H17ClN4. The zero-order chi connectivity index (χ0) is 16.9. The predicted molar refractivity (Wildman–Crippen MR) is 99.5 cm³/mol. The first-order valence-corrected chi connectivity index (χ1v) is 7.97. The van der Waals surface area contributed by atoms with Crippen LogP contribution in [0, 0.1) is 6.92 Å². The van der Waals surface area contributed by atoms with Gasteiger partial charge in [-0.1, -0.05) is 54.1 Å². The fourth-order valence-corrected chi connectivity index (χ4v) is 2.40. The molecule has 1 aromatic heterocycles. The lowest BCUT2D eigenvalue weighted by molar-refractivity contribution is 1.05. The van der Waals surface area contributed by atoms with Gasteiger partial charge in [-0.2, -0.15) is 5.10 Å². The lowest BCUT2D eigenvalue weighted by Crippen LogP contribution is -2.02. The lowest BCUT2D eigenvalue weighted by atomic mass is 10.1. The van der Waals surface area contributed by atoms with Gasteiger partial charge in [-0.3, -0.25) is 5.43 Å². The first kappa shape index (κ1) is 16.1. The summed E-state index contributed by atoms with van der Waals surface area (Å²) in [5.41, 5.74) is 6.78. The second-order valence-electron chi connectivity index (χ2n) is 5.37. The van der Waals surface area contributed by atoms with Crippen molar-refractivity contribution in [3.63, 3.8) is 0 Å². The van der Waals surface area contributed by atoms with Crippen molar-refractivity contribution in [2.24, 2.45) is 5.10 Å². The summed E-state index contributed by atoms with van der Waals surface area (Å²) in [6.07, 6.45) is 0. The smallest absolute Gasteiger partial charge is 0.150 e. The normalized spacial score (nSPS) is 11.4. The molecule has 1 heterocycles. The molecule has 0 aliphatic carbocycles. The predicted octanol–water partition coefficient (Wildman–Crippen LogP) is 4.94. The number of nitrogens with one attached hydrogen (secondary N) is 1. The van der Waals surface area contributed by atoms with Crippen LogP contribution in [0.25, 0.3) is 11.3 Å². The van der Waals surface area contributed by atoms with Crippen LogP contribution < -0.4 is 5.43 Å². The van der Waals surface area contributed by atoms with Gasteiger partial charge in [0.25, 0.3) is 0 Å². The Morgan fingerprint density at radius 2 is 1.71 bits per heavy atom. The average Bonchev–Trinajstić information content (AvgIpc) is 2.60. The summed E-state index contributed by atoms with van der Waals surface area (Å²) in [6, 6.07) is 19.5. The largest absolute Gasteiger partial charge is 0.261 e. The number of rotatable bonds is 4. The van der Waals surface area contributed by atoms with Gasteiger partial charge in [-0.15, -0.1) is 0 Å². The van der Waals surface area contributed by atoms with Crippen LogP contribution >= 0.6 is 11.6 Å². The molecule has 2 aromatic carbocycles. The van der Waals surface area contributed by atoms with E-state index in [9.17, 15) is 0 Å². The fourth-order valence-electron chi connectivity index (χ4n) is 2.28. The maximum absolute atomic E-state index is 5.91. The molecule has 4 nitrogen and oxygen atoms in total. The Morgan fingerprint density at radius 1 is 1.00 bits per heavy atom. The highest BCUT2D eigenvalue weighted by Crippen LogP contribution is 2.19. The second kappa shape index (κ2) is 7.23. The monoisotopic (exact) mass is 336 g/mol. The number of benzene rings is 2. The molecule has 0 fully saturated rings. The summed E-state index contributed by atoms with van der Waals surface area (Å²) < 4.78 is 0. The Bertz CT molecular complexity index is 858. The standard InChI is InChI=1S/C19H17ClN4/c1-13(15-8-10-17(20)11-9-15)23-24-19-12-18(21-14(2)22-19)16-6-4-3-5-7-16/h3-12H,1-2H3,(H,21,22,24). The maximum atomic E-state index is 5.91. The van der Waals surface area contributed by atoms with Crippen LogP contribution in [0.1, 0.15) is 18.3 Å². The van der Waals surface area contributed by atoms with Crippen LogP contribution in [0.15, 0.2) is 65.8 Å². The number of aryl methyl sites for hydroxylation is 1. The van der Waals surface area contributed by atoms with Gasteiger partial charge in [0.1, 0.15) is 11.6 Å². The van der Waals surface area contributed by atoms with Gasteiger partial charge in [-0.05, 0) is 31.5 Å². The van der Waals surface area contributed by atoms with Crippen molar-refractivity contribution in [1.82, 2.24) is 9.97 Å². The van der Waals surface area contributed by atoms with E-state index in [0.717, 1.165) is 22.5 Å². The molecule has 120 valence electrons. The molecule has 0 aliphatic rings. The van der Waals surface area contributed by atoms with Crippen LogP contribution in [-0.2, 0) is 0 Å². The van der Waals surface area contributed by atoms with E-state index in [1.165, 1.54) is 0 Å². The molecule has 0 amide bonds. The van der Waals surface area contributed by atoms with Crippen LogP contribution in [0.4, 0.5) is 5.82 Å². The Morgan fingerprint density at radius 3 is 2.42 bits per heavy atom. The van der Waals surface area contributed by atoms with Gasteiger partial charge in [-0.25, -0.2) is 9.97 Å². The quantitative estimate of drug-likeness (QED) is 0.542. The molecule has 1 N–H and O–H groups in total. The van der Waals surface area contributed by atoms with E-state index in [2.05, 4.69) is 20.5 Å². The van der Waals surface area contributed by atoms with Crippen molar-refractivity contribution in [3.05, 3.63) is 77.1 Å². The SMILES string of the molecule is CC(=NNc1cc(-c2ccccc2)nc(C)n1)c1ccc(Cl)cc1. The number of halogens is 1. The summed E-state index contributed by atoms with van der Waals surface area (Å²) in [4.78, 5) is 8.87. The summed E-state index contributed by atoms with van der Waals surface area (Å²) in [5, 5.41) is 5.11. The maximum Gasteiger partial charge on any atom is 0.150 e. The molecule has 0 spiro atoms. The molecule has 5 heteroatoms. The number of aromatic nitrogens is 2. The molecule has 0 saturated carbocycles. The Kier molecular flexibility index (Phi) is 4.87. The number of anilines is 1. The first-order chi connectivity index (χ1) is 11.6. The van der Waals surface area contributed by atoms with Gasteiger partial charge in [0, 0.05) is 16.7 Å². The van der Waals surface area contributed by atoms with Crippen LogP contribution in [0.3, 0.4) is 0 Å². The number of nitrogens with zero attached hydrogens (tertiary/aromatic N) is 3. The molecule has 0 atom stereocenters. The molecule has 3 rings (SSSR count). The molecule has 24 heavy (non-hydrogen) atoms. The van der Waals surface area contributed by atoms with E-state index in [1.807, 2.05) is 74.5 Å². The van der Waals surface area contributed by atoms with E-state index in [0.29, 0.717) is 16.7 Å². The average molecular weight is 337 g/mol.